The second-order valence-corrected chi connectivity index (χ2v) is 8.96. The number of halogens is 2. The van der Waals surface area contributed by atoms with Crippen molar-refractivity contribution in [3.63, 3.8) is 0 Å². The molecular weight excluding hydrogens is 453 g/mol. The second-order valence-electron chi connectivity index (χ2n) is 8.14. The minimum absolute atomic E-state index is 0.0377. The summed E-state index contributed by atoms with van der Waals surface area (Å²) in [6.07, 6.45) is 4.20. The summed E-state index contributed by atoms with van der Waals surface area (Å²) < 4.78 is 0. The Morgan fingerprint density at radius 3 is 2.44 bits per heavy atom. The molecule has 1 aliphatic carbocycles. The number of nitrogens with two attached hydrogens (primary N) is 1. The molecular formula is C22H29Cl2N5O3. The van der Waals surface area contributed by atoms with Crippen LogP contribution in [0.2, 0.25) is 10.0 Å². The van der Waals surface area contributed by atoms with Crippen molar-refractivity contribution >= 4 is 41.0 Å². The van der Waals surface area contributed by atoms with Crippen molar-refractivity contribution in [1.82, 2.24) is 20.4 Å². The highest BCUT2D eigenvalue weighted by Crippen LogP contribution is 2.26. The summed E-state index contributed by atoms with van der Waals surface area (Å²) in [6, 6.07) is 4.25. The zero-order valence-corrected chi connectivity index (χ0v) is 19.4. The lowest BCUT2D eigenvalue weighted by atomic mass is 9.91. The molecule has 1 atom stereocenters. The van der Waals surface area contributed by atoms with Gasteiger partial charge in [0.25, 0.3) is 11.8 Å². The first-order valence-electron chi connectivity index (χ1n) is 10.8. The van der Waals surface area contributed by atoms with E-state index in [9.17, 15) is 14.4 Å². The Labute approximate surface area is 198 Å². The number of hydrogen-bond donors (Lipinski definition) is 3. The molecule has 4 N–H and O–H groups in total. The van der Waals surface area contributed by atoms with Crippen LogP contribution in [-0.4, -0.2) is 65.5 Å². The Morgan fingerprint density at radius 2 is 1.78 bits per heavy atom. The minimum atomic E-state index is -1.08. The number of nitrogens with zero attached hydrogens (tertiary/aromatic N) is 2. The fourth-order valence-corrected chi connectivity index (χ4v) is 4.43. The van der Waals surface area contributed by atoms with E-state index in [-0.39, 0.29) is 29.6 Å². The summed E-state index contributed by atoms with van der Waals surface area (Å²) in [5.74, 6) is -0.775. The van der Waals surface area contributed by atoms with E-state index in [1.165, 1.54) is 21.9 Å². The first kappa shape index (κ1) is 24.4. The molecule has 4 amide bonds. The van der Waals surface area contributed by atoms with Gasteiger partial charge in [0, 0.05) is 37.3 Å². The van der Waals surface area contributed by atoms with Crippen molar-refractivity contribution in [2.75, 3.05) is 19.6 Å². The summed E-state index contributed by atoms with van der Waals surface area (Å²) in [6.45, 7) is 4.54. The van der Waals surface area contributed by atoms with Crippen molar-refractivity contribution in [1.29, 1.82) is 0 Å². The highest BCUT2D eigenvalue weighted by Gasteiger charge is 2.41. The third-order valence-electron chi connectivity index (χ3n) is 5.83. The van der Waals surface area contributed by atoms with Crippen LogP contribution < -0.4 is 16.4 Å². The Balaban J connectivity index is 1.85. The molecule has 10 heteroatoms. The number of carbonyl (C=O) groups excluding carboxylic acids is 3. The molecule has 0 radical (unpaired) electrons. The fourth-order valence-electron chi connectivity index (χ4n) is 4.13. The van der Waals surface area contributed by atoms with E-state index in [1.807, 2.05) is 0 Å². The third kappa shape index (κ3) is 5.74. The van der Waals surface area contributed by atoms with Gasteiger partial charge in [-0.25, -0.2) is 4.79 Å². The fraction of sp³-hybridized carbons (Fsp3) is 0.500. The van der Waals surface area contributed by atoms with E-state index in [1.54, 1.807) is 12.1 Å². The first-order chi connectivity index (χ1) is 15.3. The number of hydrogen-bond acceptors (Lipinski definition) is 4. The highest BCUT2D eigenvalue weighted by molar-refractivity contribution is 6.42. The van der Waals surface area contributed by atoms with Crippen molar-refractivity contribution in [3.8, 4) is 0 Å². The minimum Gasteiger partial charge on any atom is -0.350 e. The van der Waals surface area contributed by atoms with Crippen molar-refractivity contribution in [2.45, 2.75) is 50.4 Å². The zero-order valence-electron chi connectivity index (χ0n) is 17.9. The Morgan fingerprint density at radius 1 is 1.09 bits per heavy atom. The number of urea groups is 1. The van der Waals surface area contributed by atoms with Crippen molar-refractivity contribution < 1.29 is 14.4 Å². The lowest BCUT2D eigenvalue weighted by Gasteiger charge is -2.43. The third-order valence-corrected chi connectivity index (χ3v) is 6.57. The quantitative estimate of drug-likeness (QED) is 0.561. The molecule has 2 aliphatic rings. The van der Waals surface area contributed by atoms with E-state index in [0.717, 1.165) is 25.7 Å². The lowest BCUT2D eigenvalue weighted by molar-refractivity contribution is -0.133. The molecule has 1 aromatic carbocycles. The van der Waals surface area contributed by atoms with Crippen LogP contribution in [0, 0.1) is 0 Å². The summed E-state index contributed by atoms with van der Waals surface area (Å²) in [7, 11) is 0. The van der Waals surface area contributed by atoms with Crippen LogP contribution in [0.4, 0.5) is 4.79 Å². The molecule has 8 nitrogen and oxygen atoms in total. The molecule has 0 aromatic heterocycles. The average molecular weight is 482 g/mol. The molecule has 2 fully saturated rings. The van der Waals surface area contributed by atoms with Gasteiger partial charge in [-0.05, 0) is 50.3 Å². The van der Waals surface area contributed by atoms with Crippen LogP contribution >= 0.6 is 23.2 Å². The van der Waals surface area contributed by atoms with Gasteiger partial charge in [0.05, 0.1) is 10.0 Å². The predicted octanol–water partition coefficient (Wildman–Crippen LogP) is 2.75. The van der Waals surface area contributed by atoms with Gasteiger partial charge in [-0.3, -0.25) is 14.5 Å². The molecule has 1 saturated carbocycles. The molecule has 1 aliphatic heterocycles. The second kappa shape index (κ2) is 11.0. The monoisotopic (exact) mass is 481 g/mol. The topological polar surface area (TPSA) is 108 Å². The van der Waals surface area contributed by atoms with Crippen molar-refractivity contribution in [3.05, 3.63) is 46.5 Å². The van der Waals surface area contributed by atoms with Crippen LogP contribution in [0.15, 0.2) is 30.9 Å². The van der Waals surface area contributed by atoms with Crippen LogP contribution in [0.5, 0.6) is 0 Å². The Kier molecular flexibility index (Phi) is 8.39. The van der Waals surface area contributed by atoms with E-state index >= 15 is 0 Å². The lowest BCUT2D eigenvalue weighted by Crippen LogP contribution is -2.65. The van der Waals surface area contributed by atoms with Gasteiger partial charge in [0.15, 0.2) is 6.17 Å². The summed E-state index contributed by atoms with van der Waals surface area (Å²) in [5, 5.41) is 6.31. The van der Waals surface area contributed by atoms with E-state index in [2.05, 4.69) is 17.2 Å². The molecule has 1 aromatic rings. The number of rotatable bonds is 5. The molecule has 0 bridgehead atoms. The van der Waals surface area contributed by atoms with Crippen LogP contribution in [0.1, 0.15) is 42.5 Å². The van der Waals surface area contributed by atoms with Crippen LogP contribution in [0.3, 0.4) is 0 Å². The van der Waals surface area contributed by atoms with Crippen molar-refractivity contribution in [2.24, 2.45) is 5.73 Å². The average Bonchev–Trinajstić information content (AvgIpc) is 2.79. The SMILES string of the molecule is C=CCNC(=O)N1CCCN(C(=O)c2ccc(Cl)c(Cl)c2)C1C(=O)NC1CCC(N)CC1. The summed E-state index contributed by atoms with van der Waals surface area (Å²) >= 11 is 12.1. The van der Waals surface area contributed by atoms with Gasteiger partial charge in [-0.15, -0.1) is 6.58 Å². The standard InChI is InChI=1S/C22H29Cl2N5O3/c1-2-10-26-22(32)29-12-3-11-28(21(31)14-4-9-17(23)18(24)13-14)20(29)19(30)27-16-7-5-15(25)6-8-16/h2,4,9,13,15-16,20H,1,3,5-8,10-12,25H2,(H,26,32)(H,27,30). The molecule has 0 spiro atoms. The van der Waals surface area contributed by atoms with Crippen LogP contribution in [0.25, 0.3) is 0 Å². The smallest absolute Gasteiger partial charge is 0.319 e. The molecule has 1 unspecified atom stereocenters. The van der Waals surface area contributed by atoms with Gasteiger partial charge < -0.3 is 21.3 Å². The van der Waals surface area contributed by atoms with Gasteiger partial charge in [0.1, 0.15) is 0 Å². The largest absolute Gasteiger partial charge is 0.350 e. The highest BCUT2D eigenvalue weighted by atomic mass is 35.5. The number of amides is 4. The zero-order chi connectivity index (χ0) is 23.3. The summed E-state index contributed by atoms with van der Waals surface area (Å²) in [4.78, 5) is 42.3. The summed E-state index contributed by atoms with van der Waals surface area (Å²) in [5.41, 5.74) is 6.27. The molecule has 1 saturated heterocycles. The molecule has 174 valence electrons. The maximum atomic E-state index is 13.4. The maximum Gasteiger partial charge on any atom is 0.319 e. The molecule has 32 heavy (non-hydrogen) atoms. The van der Waals surface area contributed by atoms with E-state index < -0.39 is 18.1 Å². The predicted molar refractivity (Wildman–Crippen MR) is 125 cm³/mol. The number of carbonyl (C=O) groups is 3. The molecule has 1 heterocycles. The van der Waals surface area contributed by atoms with E-state index in [0.29, 0.717) is 30.1 Å². The van der Waals surface area contributed by atoms with E-state index in [4.69, 9.17) is 28.9 Å². The van der Waals surface area contributed by atoms with Gasteiger partial charge >= 0.3 is 6.03 Å². The van der Waals surface area contributed by atoms with Gasteiger partial charge in [-0.2, -0.15) is 0 Å². The number of benzene rings is 1. The first-order valence-corrected chi connectivity index (χ1v) is 11.5. The Hall–Kier alpha value is -2.29. The van der Waals surface area contributed by atoms with Gasteiger partial charge in [-0.1, -0.05) is 29.3 Å². The van der Waals surface area contributed by atoms with Gasteiger partial charge in [0.2, 0.25) is 0 Å². The maximum absolute atomic E-state index is 13.4. The molecule has 3 rings (SSSR count). The normalized spacial score (nSPS) is 23.4. The Bertz CT molecular complexity index is 873. The number of nitrogens with one attached hydrogen (secondary N) is 2. The van der Waals surface area contributed by atoms with Crippen LogP contribution in [-0.2, 0) is 4.79 Å².